The van der Waals surface area contributed by atoms with Crippen LogP contribution in [0.3, 0.4) is 0 Å². The summed E-state index contributed by atoms with van der Waals surface area (Å²) < 4.78 is 11.3. The third-order valence-electron chi connectivity index (χ3n) is 3.93. The second-order valence-corrected chi connectivity index (χ2v) is 5.10. The van der Waals surface area contributed by atoms with Gasteiger partial charge in [-0.2, -0.15) is 4.98 Å². The van der Waals surface area contributed by atoms with Gasteiger partial charge in [-0.05, 0) is 38.3 Å². The summed E-state index contributed by atoms with van der Waals surface area (Å²) in [7, 11) is 0. The van der Waals surface area contributed by atoms with Gasteiger partial charge in [0.05, 0.1) is 31.0 Å². The number of nitrogen functional groups attached to an aromatic ring is 1. The maximum Gasteiger partial charge on any atom is 0.239 e. The van der Waals surface area contributed by atoms with Crippen molar-refractivity contribution in [3.05, 3.63) is 12.1 Å². The first kappa shape index (κ1) is 12.5. The van der Waals surface area contributed by atoms with Gasteiger partial charge in [-0.3, -0.25) is 0 Å². The number of hydrogen-bond acceptors (Lipinski definition) is 5. The van der Waals surface area contributed by atoms with Crippen molar-refractivity contribution in [2.45, 2.75) is 38.3 Å². The number of hydrogen-bond donors (Lipinski definition) is 1. The van der Waals surface area contributed by atoms with Crippen LogP contribution < -0.4 is 15.4 Å². The van der Waals surface area contributed by atoms with E-state index in [1.807, 2.05) is 19.1 Å². The van der Waals surface area contributed by atoms with E-state index in [0.29, 0.717) is 30.3 Å². The smallest absolute Gasteiger partial charge is 0.239 e. The van der Waals surface area contributed by atoms with Gasteiger partial charge < -0.3 is 20.1 Å². The molecule has 2 aliphatic rings. The second-order valence-electron chi connectivity index (χ2n) is 5.10. The van der Waals surface area contributed by atoms with Crippen LogP contribution in [0.15, 0.2) is 12.1 Å². The second kappa shape index (κ2) is 5.25. The van der Waals surface area contributed by atoms with E-state index in [1.165, 1.54) is 12.8 Å². The first-order chi connectivity index (χ1) is 9.29. The molecule has 1 aliphatic heterocycles. The van der Waals surface area contributed by atoms with E-state index in [1.54, 1.807) is 0 Å². The van der Waals surface area contributed by atoms with Gasteiger partial charge in [0.15, 0.2) is 0 Å². The molecule has 104 valence electrons. The quantitative estimate of drug-likeness (QED) is 0.901. The summed E-state index contributed by atoms with van der Waals surface area (Å²) in [5.74, 6) is 1.50. The van der Waals surface area contributed by atoms with Crippen LogP contribution in [0.2, 0.25) is 0 Å². The van der Waals surface area contributed by atoms with Crippen LogP contribution in [0, 0.1) is 0 Å². The summed E-state index contributed by atoms with van der Waals surface area (Å²) in [6.45, 7) is 4.19. The molecule has 1 aromatic heterocycles. The predicted octanol–water partition coefficient (Wildman–Crippen LogP) is 1.82. The molecule has 1 saturated carbocycles. The number of rotatable bonds is 3. The van der Waals surface area contributed by atoms with Crippen molar-refractivity contribution in [1.29, 1.82) is 0 Å². The number of anilines is 2. The van der Waals surface area contributed by atoms with Gasteiger partial charge in [0.25, 0.3) is 0 Å². The van der Waals surface area contributed by atoms with E-state index >= 15 is 0 Å². The topological polar surface area (TPSA) is 60.6 Å². The van der Waals surface area contributed by atoms with E-state index in [9.17, 15) is 0 Å². The lowest BCUT2D eigenvalue weighted by Gasteiger charge is -2.38. The van der Waals surface area contributed by atoms with Gasteiger partial charge in [0, 0.05) is 6.54 Å². The van der Waals surface area contributed by atoms with Crippen molar-refractivity contribution in [2.75, 3.05) is 30.4 Å². The molecule has 2 N–H and O–H groups in total. The molecule has 0 aromatic carbocycles. The minimum atomic E-state index is 0.364. The molecular weight excluding hydrogens is 242 g/mol. The number of ether oxygens (including phenoxy) is 2. The summed E-state index contributed by atoms with van der Waals surface area (Å²) in [6, 6.07) is 4.32. The Labute approximate surface area is 113 Å². The SMILES string of the molecule is CCOc1nc(N2CCOC3CCCC32)ccc1N. The molecule has 19 heavy (non-hydrogen) atoms. The fourth-order valence-electron chi connectivity index (χ4n) is 3.06. The zero-order valence-corrected chi connectivity index (χ0v) is 11.3. The van der Waals surface area contributed by atoms with Crippen molar-refractivity contribution < 1.29 is 9.47 Å². The highest BCUT2D eigenvalue weighted by Crippen LogP contribution is 2.33. The lowest BCUT2D eigenvalue weighted by atomic mass is 10.1. The van der Waals surface area contributed by atoms with Crippen molar-refractivity contribution in [3.8, 4) is 5.88 Å². The monoisotopic (exact) mass is 263 g/mol. The molecule has 1 saturated heterocycles. The summed E-state index contributed by atoms with van der Waals surface area (Å²) in [5.41, 5.74) is 6.48. The Bertz CT molecular complexity index is 452. The molecule has 2 unspecified atom stereocenters. The standard InChI is InChI=1S/C14H21N3O2/c1-2-18-14-10(15)6-7-13(16-14)17-8-9-19-12-5-3-4-11(12)17/h6-7,11-12H,2-5,8-9,15H2,1H3. The molecule has 1 aliphatic carbocycles. The largest absolute Gasteiger partial charge is 0.476 e. The minimum Gasteiger partial charge on any atom is -0.476 e. The van der Waals surface area contributed by atoms with Crippen molar-refractivity contribution in [1.82, 2.24) is 4.98 Å². The first-order valence-corrected chi connectivity index (χ1v) is 7.07. The first-order valence-electron chi connectivity index (χ1n) is 7.07. The fraction of sp³-hybridized carbons (Fsp3) is 0.643. The number of morpholine rings is 1. The Morgan fingerprint density at radius 2 is 2.37 bits per heavy atom. The number of fused-ring (bicyclic) bond motifs is 1. The van der Waals surface area contributed by atoms with E-state index in [0.717, 1.165) is 25.4 Å². The fourth-order valence-corrected chi connectivity index (χ4v) is 3.06. The van der Waals surface area contributed by atoms with Gasteiger partial charge in [-0.1, -0.05) is 0 Å². The molecule has 1 aromatic rings. The van der Waals surface area contributed by atoms with E-state index in [-0.39, 0.29) is 0 Å². The molecule has 2 fully saturated rings. The zero-order valence-electron chi connectivity index (χ0n) is 11.3. The molecule has 0 amide bonds. The van der Waals surface area contributed by atoms with Crippen molar-refractivity contribution in [3.63, 3.8) is 0 Å². The molecular formula is C14H21N3O2. The average Bonchev–Trinajstić information content (AvgIpc) is 2.90. The van der Waals surface area contributed by atoms with Crippen LogP contribution in [0.1, 0.15) is 26.2 Å². The van der Waals surface area contributed by atoms with Crippen LogP contribution in [0.4, 0.5) is 11.5 Å². The molecule has 0 bridgehead atoms. The summed E-state index contributed by atoms with van der Waals surface area (Å²) in [4.78, 5) is 6.92. The number of pyridine rings is 1. The Hall–Kier alpha value is -1.49. The predicted molar refractivity (Wildman–Crippen MR) is 74.5 cm³/mol. The maximum absolute atomic E-state index is 5.88. The third kappa shape index (κ3) is 2.34. The molecule has 2 heterocycles. The molecule has 0 spiro atoms. The van der Waals surface area contributed by atoms with Crippen LogP contribution >= 0.6 is 0 Å². The Morgan fingerprint density at radius 1 is 1.47 bits per heavy atom. The lowest BCUT2D eigenvalue weighted by molar-refractivity contribution is 0.0253. The molecule has 5 nitrogen and oxygen atoms in total. The van der Waals surface area contributed by atoms with E-state index < -0.39 is 0 Å². The Kier molecular flexibility index (Phi) is 3.46. The molecule has 3 rings (SSSR count). The lowest BCUT2D eigenvalue weighted by Crippen LogP contribution is -2.49. The van der Waals surface area contributed by atoms with Crippen LogP contribution in [0.25, 0.3) is 0 Å². The normalized spacial score (nSPS) is 26.3. The van der Waals surface area contributed by atoms with Gasteiger partial charge in [0.1, 0.15) is 5.82 Å². The maximum atomic E-state index is 5.88. The highest BCUT2D eigenvalue weighted by atomic mass is 16.5. The average molecular weight is 263 g/mol. The van der Waals surface area contributed by atoms with Crippen LogP contribution in [-0.4, -0.2) is 36.9 Å². The molecule has 0 radical (unpaired) electrons. The van der Waals surface area contributed by atoms with Gasteiger partial charge in [0.2, 0.25) is 5.88 Å². The number of aromatic nitrogens is 1. The molecule has 5 heteroatoms. The highest BCUT2D eigenvalue weighted by Gasteiger charge is 2.36. The van der Waals surface area contributed by atoms with Gasteiger partial charge >= 0.3 is 0 Å². The van der Waals surface area contributed by atoms with E-state index in [4.69, 9.17) is 15.2 Å². The Balaban J connectivity index is 1.86. The highest BCUT2D eigenvalue weighted by molar-refractivity contribution is 5.55. The van der Waals surface area contributed by atoms with Gasteiger partial charge in [-0.25, -0.2) is 0 Å². The van der Waals surface area contributed by atoms with Crippen molar-refractivity contribution >= 4 is 11.5 Å². The summed E-state index contributed by atoms with van der Waals surface area (Å²) in [5, 5.41) is 0. The van der Waals surface area contributed by atoms with Gasteiger partial charge in [-0.15, -0.1) is 0 Å². The third-order valence-corrected chi connectivity index (χ3v) is 3.93. The van der Waals surface area contributed by atoms with Crippen LogP contribution in [-0.2, 0) is 4.74 Å². The minimum absolute atomic E-state index is 0.364. The zero-order chi connectivity index (χ0) is 13.2. The van der Waals surface area contributed by atoms with Crippen LogP contribution in [0.5, 0.6) is 5.88 Å². The van der Waals surface area contributed by atoms with E-state index in [2.05, 4.69) is 9.88 Å². The molecule has 2 atom stereocenters. The Morgan fingerprint density at radius 3 is 3.21 bits per heavy atom. The summed E-state index contributed by atoms with van der Waals surface area (Å²) in [6.07, 6.45) is 3.94. The summed E-state index contributed by atoms with van der Waals surface area (Å²) >= 11 is 0. The number of nitrogens with zero attached hydrogens (tertiary/aromatic N) is 2. The number of nitrogens with two attached hydrogens (primary N) is 1. The van der Waals surface area contributed by atoms with Crippen molar-refractivity contribution in [2.24, 2.45) is 0 Å².